The molecule has 8 aromatic rings. The molecule has 0 spiro atoms. The number of hydrogen-bond acceptors (Lipinski definition) is 9. The number of rotatable bonds is 15. The van der Waals surface area contributed by atoms with Crippen molar-refractivity contribution in [3.05, 3.63) is 177 Å². The Labute approximate surface area is 392 Å². The molecule has 0 fully saturated rings. The Morgan fingerprint density at radius 1 is 0.769 bits per heavy atom. The molecule has 0 radical (unpaired) electrons. The highest BCUT2D eigenvalue weighted by molar-refractivity contribution is 7.23. The summed E-state index contributed by atoms with van der Waals surface area (Å²) < 4.78 is 1.19. The van der Waals surface area contributed by atoms with Crippen molar-refractivity contribution in [1.29, 1.82) is 5.26 Å². The maximum Gasteiger partial charge on any atom is 0.346 e. The van der Waals surface area contributed by atoms with Crippen molar-refractivity contribution in [3.8, 4) is 26.4 Å². The van der Waals surface area contributed by atoms with E-state index in [1.807, 2.05) is 12.1 Å². The maximum absolute atomic E-state index is 11.6. The van der Waals surface area contributed by atoms with Crippen molar-refractivity contribution in [2.45, 2.75) is 72.3 Å². The summed E-state index contributed by atoms with van der Waals surface area (Å²) in [5.74, 6) is -1.22. The van der Waals surface area contributed by atoms with E-state index < -0.39 is 5.97 Å². The number of aliphatic carboxylic acids is 1. The number of carboxylic acids is 1. The van der Waals surface area contributed by atoms with Crippen LogP contribution in [0.3, 0.4) is 0 Å². The first-order chi connectivity index (χ1) is 31.6. The molecule has 9 rings (SSSR count). The van der Waals surface area contributed by atoms with Gasteiger partial charge in [0.1, 0.15) is 16.6 Å². The van der Waals surface area contributed by atoms with Gasteiger partial charge in [0.05, 0.1) is 32.5 Å². The van der Waals surface area contributed by atoms with Gasteiger partial charge in [-0.2, -0.15) is 10.4 Å². The lowest BCUT2D eigenvalue weighted by Crippen LogP contribution is -2.18. The molecular weight excluding hydrogens is 859 g/mol. The molecule has 0 saturated carbocycles. The Morgan fingerprint density at radius 3 is 2.08 bits per heavy atom. The molecule has 0 aliphatic carbocycles. The predicted octanol–water partition coefficient (Wildman–Crippen LogP) is 15.6. The van der Waals surface area contributed by atoms with Gasteiger partial charge in [-0.05, 0) is 147 Å². The van der Waals surface area contributed by atoms with Crippen LogP contribution < -0.4 is 9.91 Å². The van der Waals surface area contributed by atoms with E-state index >= 15 is 0 Å². The Kier molecular flexibility index (Phi) is 12.9. The predicted molar refractivity (Wildman–Crippen MR) is 273 cm³/mol. The molecule has 3 aromatic heterocycles. The van der Waals surface area contributed by atoms with Gasteiger partial charge in [-0.25, -0.2) is 9.78 Å². The number of unbranched alkanes of at least 4 members (excludes halogenated alkanes) is 3. The summed E-state index contributed by atoms with van der Waals surface area (Å²) >= 11 is 4.99. The Morgan fingerprint density at radius 2 is 1.43 bits per heavy atom. The van der Waals surface area contributed by atoms with Gasteiger partial charge in [0.25, 0.3) is 0 Å². The lowest BCUT2D eigenvalue weighted by Gasteiger charge is -2.27. The molecule has 1 aliphatic rings. The quantitative estimate of drug-likeness (QED) is 0.0626. The standard InChI is InChI=1S/C55H49N5O2S3/c1-5-6-7-8-9-40-32-52(64-53(40)50-29-27-46(63-50)31-41(34-56)55(61)62)48-33-49(60(58-48)45-25-17-39(18-26-45)54-57-47-28-14-37(4)30-51(47)65-54)38-15-23-44(24-16-38)59(42-19-10-35(2)11-20-42)43-21-12-36(3)13-22-43/h10-32,49H,5-9,33H2,1-4H3,(H,61,62). The average Bonchev–Trinajstić information content (AvgIpc) is 4.15. The van der Waals surface area contributed by atoms with Gasteiger partial charge in [0.2, 0.25) is 0 Å². The fraction of sp³-hybridized carbons (Fsp3) is 0.200. The summed E-state index contributed by atoms with van der Waals surface area (Å²) in [5, 5.41) is 27.6. The average molecular weight is 908 g/mol. The van der Waals surface area contributed by atoms with E-state index in [1.165, 1.54) is 67.6 Å². The third-order valence-electron chi connectivity index (χ3n) is 11.8. The fourth-order valence-corrected chi connectivity index (χ4v) is 11.7. The zero-order chi connectivity index (χ0) is 45.0. The van der Waals surface area contributed by atoms with E-state index in [9.17, 15) is 15.2 Å². The number of fused-ring (bicyclic) bond motifs is 1. The van der Waals surface area contributed by atoms with E-state index in [4.69, 9.17) is 10.1 Å². The normalized spacial score (nSPS) is 13.9. The highest BCUT2D eigenvalue weighted by atomic mass is 32.1. The number of nitrogens with zero attached hydrogens (tertiary/aromatic N) is 5. The minimum atomic E-state index is -1.22. The van der Waals surface area contributed by atoms with Crippen LogP contribution in [0.1, 0.15) is 82.6 Å². The molecule has 1 atom stereocenters. The first-order valence-electron chi connectivity index (χ1n) is 22.1. The second-order valence-electron chi connectivity index (χ2n) is 16.7. The number of anilines is 4. The van der Waals surface area contributed by atoms with E-state index in [0.29, 0.717) is 0 Å². The van der Waals surface area contributed by atoms with Crippen LogP contribution in [0.15, 0.2) is 144 Å². The first-order valence-corrected chi connectivity index (χ1v) is 24.5. The Hall–Kier alpha value is -6.64. The molecule has 1 aliphatic heterocycles. The highest BCUT2D eigenvalue weighted by Gasteiger charge is 2.32. The van der Waals surface area contributed by atoms with Crippen molar-refractivity contribution >= 4 is 84.7 Å². The highest BCUT2D eigenvalue weighted by Crippen LogP contribution is 2.44. The second kappa shape index (κ2) is 19.2. The maximum atomic E-state index is 11.6. The van der Waals surface area contributed by atoms with Crippen LogP contribution in [-0.2, 0) is 11.2 Å². The van der Waals surface area contributed by atoms with Crippen LogP contribution in [0.5, 0.6) is 0 Å². The van der Waals surface area contributed by atoms with Crippen LogP contribution >= 0.6 is 34.0 Å². The molecule has 5 aromatic carbocycles. The number of benzene rings is 5. The number of thiazole rings is 1. The minimum absolute atomic E-state index is 0.0556. The van der Waals surface area contributed by atoms with Gasteiger partial charge < -0.3 is 10.0 Å². The Balaban J connectivity index is 1.09. The summed E-state index contributed by atoms with van der Waals surface area (Å²) in [6.07, 6.45) is 7.73. The summed E-state index contributed by atoms with van der Waals surface area (Å²) in [7, 11) is 0. The second-order valence-corrected chi connectivity index (χ2v) is 19.9. The van der Waals surface area contributed by atoms with Crippen LogP contribution in [0.4, 0.5) is 22.7 Å². The molecule has 65 heavy (non-hydrogen) atoms. The molecule has 0 amide bonds. The van der Waals surface area contributed by atoms with Gasteiger partial charge in [0, 0.05) is 43.7 Å². The zero-order valence-corrected chi connectivity index (χ0v) is 39.4. The Bertz CT molecular complexity index is 3030. The summed E-state index contributed by atoms with van der Waals surface area (Å²) in [4.78, 5) is 23.0. The van der Waals surface area contributed by atoms with Crippen molar-refractivity contribution in [1.82, 2.24) is 4.98 Å². The molecule has 0 saturated heterocycles. The topological polar surface area (TPSA) is 92.8 Å². The molecule has 4 heterocycles. The van der Waals surface area contributed by atoms with E-state index in [-0.39, 0.29) is 11.6 Å². The van der Waals surface area contributed by atoms with Crippen LogP contribution in [0, 0.1) is 32.1 Å². The van der Waals surface area contributed by atoms with Gasteiger partial charge in [-0.15, -0.1) is 34.0 Å². The van der Waals surface area contributed by atoms with Crippen molar-refractivity contribution < 1.29 is 9.90 Å². The molecule has 324 valence electrons. The zero-order valence-electron chi connectivity index (χ0n) is 36.9. The van der Waals surface area contributed by atoms with E-state index in [0.717, 1.165) is 84.9 Å². The third-order valence-corrected chi connectivity index (χ3v) is 15.3. The lowest BCUT2D eigenvalue weighted by atomic mass is 9.99. The molecule has 1 unspecified atom stereocenters. The number of carbonyl (C=O) groups is 1. The first kappa shape index (κ1) is 43.6. The van der Waals surface area contributed by atoms with Crippen molar-refractivity contribution in [2.75, 3.05) is 9.91 Å². The molecular formula is C55H49N5O2S3. The number of aryl methyl sites for hydroxylation is 4. The molecule has 10 heteroatoms. The number of thiophene rings is 2. The lowest BCUT2D eigenvalue weighted by molar-refractivity contribution is -0.132. The van der Waals surface area contributed by atoms with Gasteiger partial charge in [-0.1, -0.05) is 79.8 Å². The van der Waals surface area contributed by atoms with Crippen LogP contribution in [0.25, 0.3) is 36.6 Å². The molecule has 0 bridgehead atoms. The van der Waals surface area contributed by atoms with E-state index in [1.54, 1.807) is 22.7 Å². The van der Waals surface area contributed by atoms with Crippen molar-refractivity contribution in [3.63, 3.8) is 0 Å². The summed E-state index contributed by atoms with van der Waals surface area (Å²) in [5.41, 5.74) is 13.3. The molecule has 7 nitrogen and oxygen atoms in total. The molecule has 1 N–H and O–H groups in total. The van der Waals surface area contributed by atoms with Crippen LogP contribution in [-0.4, -0.2) is 21.8 Å². The summed E-state index contributed by atoms with van der Waals surface area (Å²) in [6, 6.07) is 49.5. The summed E-state index contributed by atoms with van der Waals surface area (Å²) in [6.45, 7) is 8.58. The van der Waals surface area contributed by atoms with Gasteiger partial charge in [-0.3, -0.25) is 5.01 Å². The number of nitriles is 1. The monoisotopic (exact) mass is 907 g/mol. The van der Waals surface area contributed by atoms with Crippen LogP contribution in [0.2, 0.25) is 0 Å². The SMILES string of the molecule is CCCCCCc1cc(C2=NN(c3ccc(-c4nc5ccc(C)cc5s4)cc3)C(c3ccc(N(c4ccc(C)cc4)c4ccc(C)cc4)cc3)C2)sc1-c1ccc(C=C(C#N)C(=O)O)s1. The number of hydrogen-bond donors (Lipinski definition) is 1. The van der Waals surface area contributed by atoms with Gasteiger partial charge in [0.15, 0.2) is 0 Å². The number of hydrazone groups is 1. The fourth-order valence-electron chi connectivity index (χ4n) is 8.29. The van der Waals surface area contributed by atoms with Crippen molar-refractivity contribution in [2.24, 2.45) is 5.10 Å². The smallest absolute Gasteiger partial charge is 0.346 e. The minimum Gasteiger partial charge on any atom is -0.477 e. The number of aromatic nitrogens is 1. The van der Waals surface area contributed by atoms with Gasteiger partial charge >= 0.3 is 5.97 Å². The number of carboxylic acid groups (broad SMARTS) is 1. The van der Waals surface area contributed by atoms with E-state index in [2.05, 4.69) is 165 Å². The third kappa shape index (κ3) is 9.59. The largest absolute Gasteiger partial charge is 0.477 e.